The van der Waals surface area contributed by atoms with Gasteiger partial charge in [0.05, 0.1) is 18.2 Å². The first-order valence-corrected chi connectivity index (χ1v) is 12.6. The predicted molar refractivity (Wildman–Crippen MR) is 122 cm³/mol. The van der Waals surface area contributed by atoms with Crippen LogP contribution in [0.15, 0.2) is 23.6 Å². The van der Waals surface area contributed by atoms with Crippen molar-refractivity contribution in [1.82, 2.24) is 10.3 Å². The number of carbonyl (C=O) groups is 3. The molecule has 7 atom stereocenters. The van der Waals surface area contributed by atoms with Crippen molar-refractivity contribution in [3.63, 3.8) is 0 Å². The molecule has 0 radical (unpaired) electrons. The zero-order valence-corrected chi connectivity index (χ0v) is 19.7. The molecule has 1 aromatic heterocycles. The molecular weight excluding hydrogens is 452 g/mol. The van der Waals surface area contributed by atoms with Gasteiger partial charge in [-0.1, -0.05) is 12.2 Å². The second-order valence-corrected chi connectivity index (χ2v) is 12.9. The summed E-state index contributed by atoms with van der Waals surface area (Å²) in [7, 11) is -0.840. The number of carboxylic acids is 1. The molecule has 32 heavy (non-hydrogen) atoms. The van der Waals surface area contributed by atoms with Gasteiger partial charge in [0.25, 0.3) is 0 Å². The van der Waals surface area contributed by atoms with Crippen molar-refractivity contribution < 1.29 is 29.7 Å². The second kappa shape index (κ2) is 7.79. The SMILES string of the molecule is C[C@H]1NC(=O)C[C@@]2([C@@](C)(O)C(=O)O)CC[C@@]3(C)[C@H]([C@@H](O)C(=O)/C=C/C=C/c4csc1n4)[S+]23. The lowest BCUT2D eigenvalue weighted by Gasteiger charge is -2.35. The number of carboxylic acid groups (broad SMARTS) is 1. The maximum Gasteiger partial charge on any atom is 0.341 e. The first-order chi connectivity index (χ1) is 14.9. The molecule has 0 aromatic carbocycles. The van der Waals surface area contributed by atoms with Gasteiger partial charge in [-0.3, -0.25) is 9.59 Å². The number of aromatic nitrogens is 1. The number of thiazole rings is 1. The number of amides is 1. The van der Waals surface area contributed by atoms with E-state index in [4.69, 9.17) is 0 Å². The van der Waals surface area contributed by atoms with Crippen molar-refractivity contribution in [2.45, 2.75) is 72.5 Å². The Bertz CT molecular complexity index is 1030. The van der Waals surface area contributed by atoms with E-state index in [1.807, 2.05) is 12.3 Å². The summed E-state index contributed by atoms with van der Waals surface area (Å²) in [5.41, 5.74) is -1.51. The lowest BCUT2D eigenvalue weighted by molar-refractivity contribution is -0.161. The molecule has 172 valence electrons. The lowest BCUT2D eigenvalue weighted by atomic mass is 9.79. The zero-order valence-electron chi connectivity index (χ0n) is 18.1. The van der Waals surface area contributed by atoms with Crippen molar-refractivity contribution >= 4 is 46.0 Å². The molecule has 1 unspecified atom stereocenters. The van der Waals surface area contributed by atoms with Crippen LogP contribution in [-0.2, 0) is 25.3 Å². The molecule has 2 bridgehead atoms. The normalized spacial score (nSPS) is 40.7. The molecule has 8 nitrogen and oxygen atoms in total. The van der Waals surface area contributed by atoms with Gasteiger partial charge in [0.1, 0.15) is 5.01 Å². The van der Waals surface area contributed by atoms with Crippen LogP contribution in [0.4, 0.5) is 0 Å². The number of ketones is 1. The van der Waals surface area contributed by atoms with E-state index in [-0.39, 0.29) is 18.4 Å². The summed E-state index contributed by atoms with van der Waals surface area (Å²) in [6.45, 7) is 4.94. The number of allylic oxidation sites excluding steroid dienone is 2. The van der Waals surface area contributed by atoms with Crippen LogP contribution in [0.2, 0.25) is 0 Å². The largest absolute Gasteiger partial charge is 0.479 e. The summed E-state index contributed by atoms with van der Waals surface area (Å²) in [4.78, 5) is 42.3. The molecule has 2 fully saturated rings. The highest BCUT2D eigenvalue weighted by Gasteiger charge is 2.91. The van der Waals surface area contributed by atoms with Gasteiger partial charge in [-0.05, 0) is 32.9 Å². The van der Waals surface area contributed by atoms with E-state index < -0.39 is 49.1 Å². The fourth-order valence-electron chi connectivity index (χ4n) is 5.11. The highest BCUT2D eigenvalue weighted by atomic mass is 32.2. The third kappa shape index (κ3) is 3.44. The average molecular weight is 480 g/mol. The Kier molecular flexibility index (Phi) is 5.64. The molecule has 2 saturated heterocycles. The van der Waals surface area contributed by atoms with Crippen LogP contribution in [0.5, 0.6) is 0 Å². The quantitative estimate of drug-likeness (QED) is 0.371. The number of nitrogens with one attached hydrogen (secondary N) is 1. The highest BCUT2D eigenvalue weighted by molar-refractivity contribution is 8.07. The minimum atomic E-state index is -2.19. The minimum absolute atomic E-state index is 0.208. The zero-order chi connectivity index (χ0) is 23.5. The van der Waals surface area contributed by atoms with E-state index >= 15 is 0 Å². The predicted octanol–water partition coefficient (Wildman–Crippen LogP) is 1.35. The maximum absolute atomic E-state index is 13.1. The van der Waals surface area contributed by atoms with Crippen molar-refractivity contribution in [3.05, 3.63) is 34.3 Å². The standard InChI is InChI=1S/C22H26N2O6S2/c1-12-18-24-13(11-31-18)6-4-5-7-14(25)16(27)17-20(2)8-9-22(32(17)20,10-15(26)23-12)21(3,30)19(28)29/h4-7,11-12,16-17,27,30H,8-10H2,1-3H3,(H-,23,26,28,29)/p+1/b6-4+,7-5+/t12-,16+,17+,20+,21+,22-,32?/m1/s1. The lowest BCUT2D eigenvalue weighted by Crippen LogP contribution is -2.60. The van der Waals surface area contributed by atoms with Crippen LogP contribution in [0.3, 0.4) is 0 Å². The summed E-state index contributed by atoms with van der Waals surface area (Å²) in [5, 5.41) is 36.7. The summed E-state index contributed by atoms with van der Waals surface area (Å²) in [6.07, 6.45) is 5.57. The molecule has 4 rings (SSSR count). The van der Waals surface area contributed by atoms with E-state index in [1.165, 1.54) is 24.3 Å². The van der Waals surface area contributed by atoms with Crippen LogP contribution in [0.25, 0.3) is 6.08 Å². The van der Waals surface area contributed by atoms with Crippen molar-refractivity contribution in [2.75, 3.05) is 0 Å². The number of rotatable bonds is 2. The molecule has 4 heterocycles. The Labute approximate surface area is 192 Å². The Morgan fingerprint density at radius 1 is 1.31 bits per heavy atom. The van der Waals surface area contributed by atoms with Crippen LogP contribution in [0, 0.1) is 0 Å². The third-order valence-corrected chi connectivity index (χ3v) is 12.1. The number of hydrogen-bond acceptors (Lipinski definition) is 7. The highest BCUT2D eigenvalue weighted by Crippen LogP contribution is 2.68. The summed E-state index contributed by atoms with van der Waals surface area (Å²) in [5.74, 6) is -2.28. The molecule has 0 aliphatic carbocycles. The summed E-state index contributed by atoms with van der Waals surface area (Å²) < 4.78 is -1.78. The number of fused-ring (bicyclic) bond motifs is 3. The fraction of sp³-hybridized carbons (Fsp3) is 0.545. The van der Waals surface area contributed by atoms with Gasteiger partial charge in [0.15, 0.2) is 21.4 Å². The molecule has 4 N–H and O–H groups in total. The Morgan fingerprint density at radius 3 is 2.69 bits per heavy atom. The van der Waals surface area contributed by atoms with E-state index in [2.05, 4.69) is 10.3 Å². The number of hydrogen-bond donors (Lipinski definition) is 4. The van der Waals surface area contributed by atoms with Crippen LogP contribution < -0.4 is 5.32 Å². The van der Waals surface area contributed by atoms with Crippen LogP contribution in [-0.4, -0.2) is 64.4 Å². The number of aliphatic carboxylic acids is 1. The van der Waals surface area contributed by atoms with Crippen LogP contribution in [0.1, 0.15) is 56.8 Å². The molecule has 0 saturated carbocycles. The van der Waals surface area contributed by atoms with E-state index in [9.17, 15) is 29.7 Å². The molecule has 3 aliphatic heterocycles. The van der Waals surface area contributed by atoms with Crippen molar-refractivity contribution in [1.29, 1.82) is 0 Å². The average Bonchev–Trinajstić information content (AvgIpc) is 3.01. The Hall–Kier alpha value is -2.01. The topological polar surface area (TPSA) is 137 Å². The smallest absolute Gasteiger partial charge is 0.341 e. The maximum atomic E-state index is 13.1. The van der Waals surface area contributed by atoms with Gasteiger partial charge in [-0.25, -0.2) is 9.78 Å². The molecular formula is C22H27N2O6S2+. The van der Waals surface area contributed by atoms with Crippen LogP contribution >= 0.6 is 11.3 Å². The van der Waals surface area contributed by atoms with Gasteiger partial charge in [-0.15, -0.1) is 11.3 Å². The number of nitrogens with zero attached hydrogens (tertiary/aromatic N) is 1. The van der Waals surface area contributed by atoms with Gasteiger partial charge in [-0.2, -0.15) is 0 Å². The monoisotopic (exact) mass is 479 g/mol. The van der Waals surface area contributed by atoms with E-state index in [0.717, 1.165) is 0 Å². The van der Waals surface area contributed by atoms with Gasteiger partial charge >= 0.3 is 5.97 Å². The summed E-state index contributed by atoms with van der Waals surface area (Å²) in [6, 6.07) is -0.386. The number of aliphatic hydroxyl groups is 2. The van der Waals surface area contributed by atoms with Gasteiger partial charge in [0.2, 0.25) is 16.8 Å². The summed E-state index contributed by atoms with van der Waals surface area (Å²) >= 11 is 1.38. The third-order valence-electron chi connectivity index (χ3n) is 7.00. The first kappa shape index (κ1) is 23.2. The van der Waals surface area contributed by atoms with Gasteiger partial charge in [0, 0.05) is 29.1 Å². The Balaban J connectivity index is 1.77. The Morgan fingerprint density at radius 2 is 2.00 bits per heavy atom. The molecule has 1 amide bonds. The number of aliphatic hydroxyl groups excluding tert-OH is 1. The molecule has 10 heteroatoms. The van der Waals surface area contributed by atoms with Crippen molar-refractivity contribution in [2.24, 2.45) is 0 Å². The van der Waals surface area contributed by atoms with E-state index in [0.29, 0.717) is 23.5 Å². The van der Waals surface area contributed by atoms with E-state index in [1.54, 1.807) is 25.2 Å². The minimum Gasteiger partial charge on any atom is -0.479 e. The molecule has 0 spiro atoms. The second-order valence-electron chi connectivity index (χ2n) is 9.08. The fourth-order valence-corrected chi connectivity index (χ4v) is 10.3. The van der Waals surface area contributed by atoms with Gasteiger partial charge < -0.3 is 20.6 Å². The number of carbonyl (C=O) groups excluding carboxylic acids is 2. The molecule has 1 aromatic rings. The molecule has 3 aliphatic rings. The van der Waals surface area contributed by atoms with Crippen molar-refractivity contribution in [3.8, 4) is 0 Å². The first-order valence-electron chi connectivity index (χ1n) is 10.4.